The van der Waals surface area contributed by atoms with Crippen molar-refractivity contribution in [1.29, 1.82) is 0 Å². The van der Waals surface area contributed by atoms with Crippen LogP contribution in [0.5, 0.6) is 0 Å². The van der Waals surface area contributed by atoms with Gasteiger partial charge in [-0.1, -0.05) is 152 Å². The van der Waals surface area contributed by atoms with E-state index in [9.17, 15) is 0 Å². The second-order valence-electron chi connectivity index (χ2n) is 10.3. The van der Waals surface area contributed by atoms with Gasteiger partial charge in [0, 0.05) is 0 Å². The molecule has 0 aromatic heterocycles. The van der Waals surface area contributed by atoms with Crippen molar-refractivity contribution in [2.45, 2.75) is 0 Å². The van der Waals surface area contributed by atoms with Crippen LogP contribution in [0.2, 0.25) is 0 Å². The lowest BCUT2D eigenvalue weighted by Gasteiger charge is -2.19. The summed E-state index contributed by atoms with van der Waals surface area (Å²) in [5.41, 5.74) is 6.62. The molecule has 0 amide bonds. The second-order valence-corrected chi connectivity index (χ2v) is 10.3. The van der Waals surface area contributed by atoms with Crippen LogP contribution in [-0.4, -0.2) is 0 Å². The molecule has 0 atom stereocenters. The Morgan fingerprint density at radius 2 is 0.925 bits per heavy atom. The van der Waals surface area contributed by atoms with E-state index in [1.807, 2.05) is 6.07 Å². The molecule has 8 aromatic carbocycles. The second kappa shape index (κ2) is 9.22. The summed E-state index contributed by atoms with van der Waals surface area (Å²) in [4.78, 5) is 0. The molecule has 0 aliphatic rings. The van der Waals surface area contributed by atoms with Gasteiger partial charge in [-0.05, 0) is 82.5 Å². The third-order valence-electron chi connectivity index (χ3n) is 8.10. The van der Waals surface area contributed by atoms with Crippen molar-refractivity contribution in [3.63, 3.8) is 0 Å². The minimum atomic E-state index is 0.411. The standard InChI is InChI=1S/C40H26/c1-2-13-28(14-3-1)39-35-16-6-8-18-37(35)40(38-19-9-7-17-36(38)39)34-23-11-21-32-31(20-10-22-33(32)34)30-25-24-27-12-4-5-15-29(27)26-30/h1-26H/i2D,14D. The Balaban J connectivity index is 1.46. The van der Waals surface area contributed by atoms with E-state index in [4.69, 9.17) is 2.74 Å². The van der Waals surface area contributed by atoms with Crippen LogP contribution < -0.4 is 0 Å². The molecule has 8 rings (SSSR count). The number of fused-ring (bicyclic) bond motifs is 4. The van der Waals surface area contributed by atoms with Gasteiger partial charge in [0.25, 0.3) is 0 Å². The van der Waals surface area contributed by atoms with Gasteiger partial charge >= 0.3 is 0 Å². The summed E-state index contributed by atoms with van der Waals surface area (Å²) in [7, 11) is 0. The van der Waals surface area contributed by atoms with Crippen molar-refractivity contribution in [1.82, 2.24) is 0 Å². The highest BCUT2D eigenvalue weighted by molar-refractivity contribution is 6.24. The molecule has 0 saturated heterocycles. The molecule has 0 spiro atoms. The van der Waals surface area contributed by atoms with Gasteiger partial charge in [0.05, 0.1) is 2.74 Å². The molecule has 0 heterocycles. The fraction of sp³-hybridized carbons (Fsp3) is 0. The van der Waals surface area contributed by atoms with Gasteiger partial charge in [-0.25, -0.2) is 0 Å². The number of benzene rings is 8. The number of hydrogen-bond donors (Lipinski definition) is 0. The normalized spacial score (nSPS) is 12.2. The Labute approximate surface area is 236 Å². The lowest BCUT2D eigenvalue weighted by atomic mass is 9.84. The average molecular weight is 509 g/mol. The Morgan fingerprint density at radius 1 is 0.350 bits per heavy atom. The number of rotatable bonds is 3. The van der Waals surface area contributed by atoms with E-state index in [-0.39, 0.29) is 0 Å². The largest absolute Gasteiger partial charge is 0.0629 e. The van der Waals surface area contributed by atoms with Gasteiger partial charge < -0.3 is 0 Å². The molecule has 40 heavy (non-hydrogen) atoms. The molecule has 8 aromatic rings. The molecule has 0 aliphatic carbocycles. The maximum absolute atomic E-state index is 8.75. The molecule has 186 valence electrons. The summed E-state index contributed by atoms with van der Waals surface area (Å²) >= 11 is 0. The summed E-state index contributed by atoms with van der Waals surface area (Å²) in [6, 6.07) is 51.6. The highest BCUT2D eigenvalue weighted by atomic mass is 14.2. The number of hydrogen-bond acceptors (Lipinski definition) is 0. The fourth-order valence-corrected chi connectivity index (χ4v) is 6.34. The molecule has 0 bridgehead atoms. The van der Waals surface area contributed by atoms with Crippen molar-refractivity contribution in [2.75, 3.05) is 0 Å². The van der Waals surface area contributed by atoms with Gasteiger partial charge in [-0.15, -0.1) is 0 Å². The minimum absolute atomic E-state index is 0.411. The van der Waals surface area contributed by atoms with Crippen LogP contribution in [-0.2, 0) is 0 Å². The van der Waals surface area contributed by atoms with Crippen LogP contribution in [0, 0.1) is 0 Å². The lowest BCUT2D eigenvalue weighted by molar-refractivity contribution is 1.65. The first-order valence-corrected chi connectivity index (χ1v) is 13.7. The van der Waals surface area contributed by atoms with E-state index >= 15 is 0 Å². The van der Waals surface area contributed by atoms with E-state index in [0.717, 1.165) is 32.7 Å². The van der Waals surface area contributed by atoms with Crippen molar-refractivity contribution in [3.05, 3.63) is 158 Å². The SMILES string of the molecule is [2H]c1ccc([2H])c(-c2c3ccccc3c(-c3cccc4c(-c5ccc6ccccc6c5)cccc34)c3ccccc23)c1. The summed E-state index contributed by atoms with van der Waals surface area (Å²) < 4.78 is 17.1. The fourth-order valence-electron chi connectivity index (χ4n) is 6.34. The third kappa shape index (κ3) is 3.54. The van der Waals surface area contributed by atoms with Gasteiger partial charge in [-0.3, -0.25) is 0 Å². The molecule has 0 N–H and O–H groups in total. The topological polar surface area (TPSA) is 0 Å². The molecule has 0 radical (unpaired) electrons. The third-order valence-corrected chi connectivity index (χ3v) is 8.10. The van der Waals surface area contributed by atoms with E-state index in [1.165, 1.54) is 43.8 Å². The summed E-state index contributed by atoms with van der Waals surface area (Å²) in [6.07, 6.45) is 0. The molecular formula is C40H26. The van der Waals surface area contributed by atoms with Crippen molar-refractivity contribution < 1.29 is 2.74 Å². The zero-order valence-corrected chi connectivity index (χ0v) is 21.9. The molecule has 0 heteroatoms. The lowest BCUT2D eigenvalue weighted by Crippen LogP contribution is -1.92. The maximum atomic E-state index is 8.75. The highest BCUT2D eigenvalue weighted by Gasteiger charge is 2.18. The van der Waals surface area contributed by atoms with Crippen LogP contribution in [0.1, 0.15) is 2.74 Å². The summed E-state index contributed by atoms with van der Waals surface area (Å²) in [5, 5.41) is 9.38. The van der Waals surface area contributed by atoms with Gasteiger partial charge in [-0.2, -0.15) is 0 Å². The first-order chi connectivity index (χ1) is 20.7. The summed E-state index contributed by atoms with van der Waals surface area (Å²) in [5.74, 6) is 0. The molecular weight excluding hydrogens is 480 g/mol. The summed E-state index contributed by atoms with van der Waals surface area (Å²) in [6.45, 7) is 0. The minimum Gasteiger partial charge on any atom is -0.0622 e. The van der Waals surface area contributed by atoms with Gasteiger partial charge in [0.2, 0.25) is 0 Å². The smallest absolute Gasteiger partial charge is 0.0622 e. The molecule has 0 saturated carbocycles. The first-order valence-electron chi connectivity index (χ1n) is 14.7. The van der Waals surface area contributed by atoms with Crippen molar-refractivity contribution >= 4 is 43.1 Å². The molecule has 0 fully saturated rings. The van der Waals surface area contributed by atoms with Crippen LogP contribution in [0.4, 0.5) is 0 Å². The Kier molecular flexibility index (Phi) is 4.78. The quantitative estimate of drug-likeness (QED) is 0.208. The van der Waals surface area contributed by atoms with Crippen LogP contribution >= 0.6 is 0 Å². The monoisotopic (exact) mass is 508 g/mol. The van der Waals surface area contributed by atoms with Crippen LogP contribution in [0.15, 0.2) is 158 Å². The van der Waals surface area contributed by atoms with Crippen LogP contribution in [0.25, 0.3) is 76.5 Å². The predicted octanol–water partition coefficient (Wildman–Crippen LogP) is 11.3. The maximum Gasteiger partial charge on any atom is 0.0629 e. The van der Waals surface area contributed by atoms with E-state index in [1.54, 1.807) is 12.1 Å². The van der Waals surface area contributed by atoms with Gasteiger partial charge in [0.1, 0.15) is 0 Å². The zero-order chi connectivity index (χ0) is 28.2. The van der Waals surface area contributed by atoms with Crippen LogP contribution in [0.3, 0.4) is 0 Å². The average Bonchev–Trinajstić information content (AvgIpc) is 3.04. The molecule has 0 unspecified atom stereocenters. The Hall–Kier alpha value is -5.20. The van der Waals surface area contributed by atoms with Crippen molar-refractivity contribution in [2.24, 2.45) is 0 Å². The van der Waals surface area contributed by atoms with E-state index in [2.05, 4.69) is 127 Å². The zero-order valence-electron chi connectivity index (χ0n) is 23.9. The van der Waals surface area contributed by atoms with Crippen molar-refractivity contribution in [3.8, 4) is 33.4 Å². The molecule has 0 aliphatic heterocycles. The Bertz CT molecular complexity index is 2270. The van der Waals surface area contributed by atoms with E-state index < -0.39 is 0 Å². The first kappa shape index (κ1) is 20.7. The van der Waals surface area contributed by atoms with E-state index in [0.29, 0.717) is 12.1 Å². The predicted molar refractivity (Wildman–Crippen MR) is 173 cm³/mol. The molecule has 0 nitrogen and oxygen atoms in total. The highest BCUT2D eigenvalue weighted by Crippen LogP contribution is 2.46. The Morgan fingerprint density at radius 3 is 1.65 bits per heavy atom. The van der Waals surface area contributed by atoms with Gasteiger partial charge in [0.15, 0.2) is 0 Å².